The first-order chi connectivity index (χ1) is 13.7. The van der Waals surface area contributed by atoms with Crippen LogP contribution in [0.25, 0.3) is 0 Å². The third kappa shape index (κ3) is 4.84. The maximum absolute atomic E-state index is 13.5. The Balaban J connectivity index is 1.66. The number of hydrogen-bond donors (Lipinski definition) is 0. The van der Waals surface area contributed by atoms with Crippen molar-refractivity contribution < 1.29 is 17.6 Å². The molecule has 1 atom stereocenters. The number of halogens is 1. The second kappa shape index (κ2) is 8.62. The Morgan fingerprint density at radius 3 is 2.66 bits per heavy atom. The number of nitrogens with zero attached hydrogens (tertiary/aromatic N) is 4. The minimum atomic E-state index is -3.79. The molecule has 1 aromatic heterocycles. The van der Waals surface area contributed by atoms with E-state index in [1.54, 1.807) is 9.58 Å². The van der Waals surface area contributed by atoms with Crippen LogP contribution in [0, 0.1) is 19.7 Å². The quantitative estimate of drug-likeness (QED) is 0.741. The molecule has 7 nitrogen and oxygen atoms in total. The normalized spacial score (nSPS) is 18.1. The zero-order valence-corrected chi connectivity index (χ0v) is 17.8. The van der Waals surface area contributed by atoms with Crippen LogP contribution in [0.3, 0.4) is 0 Å². The predicted molar refractivity (Wildman–Crippen MR) is 107 cm³/mol. The van der Waals surface area contributed by atoms with Crippen LogP contribution in [0.1, 0.15) is 30.7 Å². The number of rotatable bonds is 5. The molecule has 2 aromatic rings. The van der Waals surface area contributed by atoms with Crippen LogP contribution in [-0.2, 0) is 21.4 Å². The summed E-state index contributed by atoms with van der Waals surface area (Å²) in [6, 6.07) is 6.73. The lowest BCUT2D eigenvalue weighted by molar-refractivity contribution is -0.132. The lowest BCUT2D eigenvalue weighted by Crippen LogP contribution is -2.39. The van der Waals surface area contributed by atoms with Crippen molar-refractivity contribution in [3.63, 3.8) is 0 Å². The summed E-state index contributed by atoms with van der Waals surface area (Å²) in [6.07, 6.45) is 1.89. The zero-order valence-electron chi connectivity index (χ0n) is 17.0. The van der Waals surface area contributed by atoms with Crippen LogP contribution in [0.2, 0.25) is 0 Å². The van der Waals surface area contributed by atoms with Gasteiger partial charge in [0.05, 0.1) is 10.6 Å². The summed E-state index contributed by atoms with van der Waals surface area (Å²) >= 11 is 0. The molecule has 0 aliphatic carbocycles. The van der Waals surface area contributed by atoms with Gasteiger partial charge >= 0.3 is 0 Å². The first kappa shape index (κ1) is 21.4. The van der Waals surface area contributed by atoms with Crippen molar-refractivity contribution in [2.24, 2.45) is 0 Å². The van der Waals surface area contributed by atoms with E-state index in [4.69, 9.17) is 0 Å². The Bertz CT molecular complexity index is 989. The highest BCUT2D eigenvalue weighted by atomic mass is 32.2. The van der Waals surface area contributed by atoms with Crippen molar-refractivity contribution in [3.05, 3.63) is 47.5 Å². The molecular weight excluding hydrogens is 395 g/mol. The molecule has 0 spiro atoms. The van der Waals surface area contributed by atoms with Gasteiger partial charge in [0.25, 0.3) is 0 Å². The van der Waals surface area contributed by atoms with Crippen LogP contribution < -0.4 is 0 Å². The van der Waals surface area contributed by atoms with E-state index in [9.17, 15) is 17.6 Å². The smallest absolute Gasteiger partial charge is 0.244 e. The molecule has 0 saturated carbocycles. The van der Waals surface area contributed by atoms with Gasteiger partial charge in [-0.05, 0) is 57.4 Å². The second-order valence-electron chi connectivity index (χ2n) is 7.53. The molecule has 3 rings (SSSR count). The zero-order chi connectivity index (χ0) is 21.2. The van der Waals surface area contributed by atoms with Gasteiger partial charge in [-0.25, -0.2) is 12.8 Å². The molecule has 1 aliphatic heterocycles. The third-order valence-corrected chi connectivity index (χ3v) is 7.33. The summed E-state index contributed by atoms with van der Waals surface area (Å²) in [6.45, 7) is 5.05. The molecule has 0 bridgehead atoms. The molecule has 9 heteroatoms. The van der Waals surface area contributed by atoms with E-state index in [2.05, 4.69) is 5.10 Å². The summed E-state index contributed by atoms with van der Waals surface area (Å²) < 4.78 is 42.2. The van der Waals surface area contributed by atoms with E-state index in [1.165, 1.54) is 29.6 Å². The van der Waals surface area contributed by atoms with Gasteiger partial charge < -0.3 is 4.90 Å². The van der Waals surface area contributed by atoms with Gasteiger partial charge in [0.2, 0.25) is 15.9 Å². The lowest BCUT2D eigenvalue weighted by Gasteiger charge is -2.27. The molecule has 1 amide bonds. The Labute approximate surface area is 171 Å². The third-order valence-electron chi connectivity index (χ3n) is 5.43. The first-order valence-electron chi connectivity index (χ1n) is 9.71. The van der Waals surface area contributed by atoms with Crippen LogP contribution in [0.5, 0.6) is 0 Å². The van der Waals surface area contributed by atoms with E-state index in [-0.39, 0.29) is 23.4 Å². The van der Waals surface area contributed by atoms with Crippen molar-refractivity contribution in [1.29, 1.82) is 0 Å². The monoisotopic (exact) mass is 422 g/mol. The fraction of sp³-hybridized carbons (Fsp3) is 0.500. The predicted octanol–water partition coefficient (Wildman–Crippen LogP) is 2.34. The minimum absolute atomic E-state index is 0.0208. The van der Waals surface area contributed by atoms with E-state index in [1.807, 2.05) is 19.9 Å². The van der Waals surface area contributed by atoms with Crippen LogP contribution in [0.4, 0.5) is 4.39 Å². The van der Waals surface area contributed by atoms with Gasteiger partial charge in [-0.3, -0.25) is 9.48 Å². The summed E-state index contributed by atoms with van der Waals surface area (Å²) in [7, 11) is -2.26. The van der Waals surface area contributed by atoms with Crippen molar-refractivity contribution in [3.8, 4) is 0 Å². The van der Waals surface area contributed by atoms with E-state index < -0.39 is 15.8 Å². The molecule has 0 N–H and O–H groups in total. The average molecular weight is 423 g/mol. The number of amides is 1. The summed E-state index contributed by atoms with van der Waals surface area (Å²) in [5.74, 6) is -0.603. The lowest BCUT2D eigenvalue weighted by atomic mass is 10.1. The fourth-order valence-corrected chi connectivity index (χ4v) is 5.19. The van der Waals surface area contributed by atoms with Crippen LogP contribution in [-0.4, -0.2) is 59.5 Å². The summed E-state index contributed by atoms with van der Waals surface area (Å²) in [5.41, 5.74) is 1.81. The molecule has 0 unspecified atom stereocenters. The standard InChI is InChI=1S/C20H27FN4O3S/c1-15-12-16(2)25(22-15)14-20(26)24-10-5-7-18(9-11-24)23(3)29(27,28)19-8-4-6-17(21)13-19/h4,6,8,12-13,18H,5,7,9-11,14H2,1-3H3/t18-/m0/s1. The van der Waals surface area contributed by atoms with Crippen LogP contribution >= 0.6 is 0 Å². The van der Waals surface area contributed by atoms with Crippen molar-refractivity contribution in [1.82, 2.24) is 19.0 Å². The van der Waals surface area contributed by atoms with Crippen molar-refractivity contribution in [2.75, 3.05) is 20.1 Å². The Hall–Kier alpha value is -2.26. The number of sulfonamides is 1. The maximum atomic E-state index is 13.5. The molecule has 1 aromatic carbocycles. The summed E-state index contributed by atoms with van der Waals surface area (Å²) in [4.78, 5) is 14.4. The maximum Gasteiger partial charge on any atom is 0.244 e. The van der Waals surface area contributed by atoms with Gasteiger partial charge in [0.1, 0.15) is 12.4 Å². The molecule has 1 fully saturated rings. The number of likely N-dealkylation sites (tertiary alicyclic amines) is 1. The van der Waals surface area contributed by atoms with Gasteiger partial charge in [0.15, 0.2) is 0 Å². The van der Waals surface area contributed by atoms with Crippen molar-refractivity contribution in [2.45, 2.75) is 50.6 Å². The summed E-state index contributed by atoms with van der Waals surface area (Å²) in [5, 5.41) is 4.34. The fourth-order valence-electron chi connectivity index (χ4n) is 3.74. The SMILES string of the molecule is Cc1cc(C)n(CC(=O)N2CCC[C@H](N(C)S(=O)(=O)c3cccc(F)c3)CC2)n1. The molecular formula is C20H27FN4O3S. The van der Waals surface area contributed by atoms with E-state index in [0.29, 0.717) is 32.4 Å². The highest BCUT2D eigenvalue weighted by Crippen LogP contribution is 2.23. The minimum Gasteiger partial charge on any atom is -0.341 e. The highest BCUT2D eigenvalue weighted by molar-refractivity contribution is 7.89. The topological polar surface area (TPSA) is 75.5 Å². The molecule has 29 heavy (non-hydrogen) atoms. The van der Waals surface area contributed by atoms with Crippen molar-refractivity contribution >= 4 is 15.9 Å². The molecule has 0 radical (unpaired) electrons. The Morgan fingerprint density at radius 1 is 1.24 bits per heavy atom. The molecule has 158 valence electrons. The van der Waals surface area contributed by atoms with Gasteiger partial charge in [-0.2, -0.15) is 9.40 Å². The number of carbonyl (C=O) groups is 1. The molecule has 1 aliphatic rings. The average Bonchev–Trinajstić information content (AvgIpc) is 2.86. The van der Waals surface area contributed by atoms with E-state index in [0.717, 1.165) is 17.5 Å². The first-order valence-corrected chi connectivity index (χ1v) is 11.1. The van der Waals surface area contributed by atoms with E-state index >= 15 is 0 Å². The van der Waals surface area contributed by atoms with Gasteiger partial charge in [0, 0.05) is 31.9 Å². The van der Waals surface area contributed by atoms with Gasteiger partial charge in [-0.1, -0.05) is 6.07 Å². The van der Waals surface area contributed by atoms with Crippen LogP contribution in [0.15, 0.2) is 35.2 Å². The molecule has 2 heterocycles. The number of carbonyl (C=O) groups excluding carboxylic acids is 1. The Kier molecular flexibility index (Phi) is 6.38. The van der Waals surface area contributed by atoms with Gasteiger partial charge in [-0.15, -0.1) is 0 Å². The highest BCUT2D eigenvalue weighted by Gasteiger charge is 2.30. The number of benzene rings is 1. The number of aromatic nitrogens is 2. The molecule has 1 saturated heterocycles. The number of hydrogen-bond acceptors (Lipinski definition) is 4. The second-order valence-corrected chi connectivity index (χ2v) is 9.53. The largest absolute Gasteiger partial charge is 0.341 e. The number of aryl methyl sites for hydroxylation is 2. The Morgan fingerprint density at radius 2 is 2.00 bits per heavy atom.